The number of rotatable bonds is 29. The molecule has 0 aliphatic carbocycles. The average Bonchev–Trinajstić information content (AvgIpc) is 2.90. The highest BCUT2D eigenvalue weighted by Gasteiger charge is 2.13. The molecule has 4 heteroatoms. The fourth-order valence-corrected chi connectivity index (χ4v) is 4.30. The molecule has 0 aliphatic heterocycles. The van der Waals surface area contributed by atoms with Crippen LogP contribution in [0.25, 0.3) is 0 Å². The molecule has 0 saturated heterocycles. The van der Waals surface area contributed by atoms with Crippen LogP contribution in [-0.2, 0) is 14.3 Å². The molecule has 0 saturated carbocycles. The van der Waals surface area contributed by atoms with Gasteiger partial charge in [-0.1, -0.05) is 115 Å². The van der Waals surface area contributed by atoms with Crippen LogP contribution in [0.3, 0.4) is 0 Å². The third-order valence-corrected chi connectivity index (χ3v) is 6.75. The van der Waals surface area contributed by atoms with Gasteiger partial charge >= 0.3 is 5.97 Å². The summed E-state index contributed by atoms with van der Waals surface area (Å²) in [6, 6.07) is 0. The summed E-state index contributed by atoms with van der Waals surface area (Å²) in [5.41, 5.74) is 0. The first-order valence-corrected chi connectivity index (χ1v) is 15.9. The van der Waals surface area contributed by atoms with E-state index in [1.54, 1.807) is 0 Å². The topological polar surface area (TPSA) is 55.8 Å². The summed E-state index contributed by atoms with van der Waals surface area (Å²) in [6.45, 7) is 5.27. The van der Waals surface area contributed by atoms with Gasteiger partial charge in [0.25, 0.3) is 0 Å². The van der Waals surface area contributed by atoms with Crippen LogP contribution >= 0.6 is 0 Å². The lowest BCUT2D eigenvalue weighted by molar-refractivity contribution is -0.154. The van der Waals surface area contributed by atoms with Crippen molar-refractivity contribution < 1.29 is 19.4 Å². The number of esters is 1. The maximum atomic E-state index is 12.0. The van der Waals surface area contributed by atoms with Gasteiger partial charge < -0.3 is 14.6 Å². The minimum absolute atomic E-state index is 0.176. The molecule has 0 rings (SSSR count). The van der Waals surface area contributed by atoms with E-state index in [4.69, 9.17) is 9.47 Å². The normalized spacial score (nSPS) is 12.6. The Morgan fingerprint density at radius 3 is 1.62 bits per heavy atom. The van der Waals surface area contributed by atoms with E-state index < -0.39 is 6.10 Å². The molecule has 0 fully saturated rings. The van der Waals surface area contributed by atoms with Crippen molar-refractivity contribution in [2.24, 2.45) is 0 Å². The van der Waals surface area contributed by atoms with E-state index in [0.717, 1.165) is 19.3 Å². The smallest absolute Gasteiger partial charge is 0.306 e. The van der Waals surface area contributed by atoms with E-state index in [9.17, 15) is 9.90 Å². The number of carbonyl (C=O) groups is 1. The van der Waals surface area contributed by atoms with E-state index in [2.05, 4.69) is 38.2 Å². The molecule has 37 heavy (non-hydrogen) atoms. The van der Waals surface area contributed by atoms with Crippen LogP contribution in [0.1, 0.15) is 155 Å². The Bertz CT molecular complexity index is 514. The number of aliphatic hydroxyl groups is 1. The fraction of sp³-hybridized carbons (Fsp3) is 0.848. The number of hydrogen-bond donors (Lipinski definition) is 1. The van der Waals surface area contributed by atoms with E-state index in [1.165, 1.54) is 116 Å². The summed E-state index contributed by atoms with van der Waals surface area (Å²) in [5.74, 6) is -0.215. The van der Waals surface area contributed by atoms with Crippen molar-refractivity contribution in [1.29, 1.82) is 0 Å². The monoisotopic (exact) mass is 522 g/mol. The largest absolute Gasteiger partial charge is 0.457 e. The minimum Gasteiger partial charge on any atom is -0.457 e. The number of allylic oxidation sites excluding steroid dienone is 4. The Morgan fingerprint density at radius 2 is 1.08 bits per heavy atom. The van der Waals surface area contributed by atoms with Crippen molar-refractivity contribution in [3.05, 3.63) is 24.3 Å². The van der Waals surface area contributed by atoms with Gasteiger partial charge in [0.05, 0.1) is 13.2 Å². The molecule has 0 aromatic heterocycles. The van der Waals surface area contributed by atoms with Crippen molar-refractivity contribution in [2.45, 2.75) is 161 Å². The predicted octanol–water partition coefficient (Wildman–Crippen LogP) is 9.64. The predicted molar refractivity (Wildman–Crippen MR) is 159 cm³/mol. The van der Waals surface area contributed by atoms with Crippen molar-refractivity contribution in [2.75, 3.05) is 19.8 Å². The SMILES string of the molecule is CCCC/C=C\CCCCCCCC(=O)OC(CO)COCCCCCCCC/C=C\CCCCCC. The molecular formula is C33H62O4. The Morgan fingerprint density at radius 1 is 0.622 bits per heavy atom. The third-order valence-electron chi connectivity index (χ3n) is 6.75. The van der Waals surface area contributed by atoms with Gasteiger partial charge in [-0.15, -0.1) is 0 Å². The van der Waals surface area contributed by atoms with Gasteiger partial charge in [-0.05, 0) is 57.8 Å². The number of unbranched alkanes of at least 4 members (excludes halogenated alkanes) is 17. The van der Waals surface area contributed by atoms with Crippen LogP contribution in [0.4, 0.5) is 0 Å². The molecule has 0 radical (unpaired) electrons. The van der Waals surface area contributed by atoms with Crippen LogP contribution < -0.4 is 0 Å². The van der Waals surface area contributed by atoms with Crippen molar-refractivity contribution in [3.63, 3.8) is 0 Å². The highest BCUT2D eigenvalue weighted by Crippen LogP contribution is 2.11. The molecule has 0 aromatic carbocycles. The van der Waals surface area contributed by atoms with Gasteiger partial charge in [0.2, 0.25) is 0 Å². The van der Waals surface area contributed by atoms with Gasteiger partial charge in [0, 0.05) is 13.0 Å². The average molecular weight is 523 g/mol. The number of hydrogen-bond acceptors (Lipinski definition) is 4. The lowest BCUT2D eigenvalue weighted by atomic mass is 10.1. The van der Waals surface area contributed by atoms with E-state index in [1.807, 2.05) is 0 Å². The Balaban J connectivity index is 3.47. The summed E-state index contributed by atoms with van der Waals surface area (Å²) in [5, 5.41) is 9.49. The van der Waals surface area contributed by atoms with E-state index in [0.29, 0.717) is 19.6 Å². The summed E-state index contributed by atoms with van der Waals surface area (Å²) < 4.78 is 11.0. The number of aliphatic hydroxyl groups excluding tert-OH is 1. The highest BCUT2D eigenvalue weighted by atomic mass is 16.6. The molecule has 0 heterocycles. The van der Waals surface area contributed by atoms with Crippen molar-refractivity contribution >= 4 is 5.97 Å². The highest BCUT2D eigenvalue weighted by molar-refractivity contribution is 5.69. The molecule has 218 valence electrons. The van der Waals surface area contributed by atoms with Crippen molar-refractivity contribution in [3.8, 4) is 0 Å². The van der Waals surface area contributed by atoms with Crippen LogP contribution in [0.15, 0.2) is 24.3 Å². The zero-order valence-corrected chi connectivity index (χ0v) is 24.7. The minimum atomic E-state index is -0.535. The lowest BCUT2D eigenvalue weighted by Crippen LogP contribution is -2.27. The number of ether oxygens (including phenoxy) is 2. The van der Waals surface area contributed by atoms with Crippen LogP contribution in [0.2, 0.25) is 0 Å². The number of carbonyl (C=O) groups excluding carboxylic acids is 1. The maximum Gasteiger partial charge on any atom is 0.306 e. The van der Waals surface area contributed by atoms with E-state index >= 15 is 0 Å². The third kappa shape index (κ3) is 29.3. The molecule has 1 N–H and O–H groups in total. The fourth-order valence-electron chi connectivity index (χ4n) is 4.30. The van der Waals surface area contributed by atoms with Gasteiger partial charge in [0.1, 0.15) is 6.10 Å². The molecule has 0 aromatic rings. The Kier molecular flexibility index (Phi) is 30.1. The maximum absolute atomic E-state index is 12.0. The first kappa shape index (κ1) is 35.9. The molecule has 0 amide bonds. The molecular weight excluding hydrogens is 460 g/mol. The second-order valence-electron chi connectivity index (χ2n) is 10.5. The second-order valence-corrected chi connectivity index (χ2v) is 10.5. The lowest BCUT2D eigenvalue weighted by Gasteiger charge is -2.15. The van der Waals surface area contributed by atoms with Gasteiger partial charge in [-0.2, -0.15) is 0 Å². The first-order valence-electron chi connectivity index (χ1n) is 15.9. The Hall–Kier alpha value is -1.13. The molecule has 1 atom stereocenters. The quantitative estimate of drug-likeness (QED) is 0.0603. The Labute approximate surface area is 230 Å². The van der Waals surface area contributed by atoms with Crippen LogP contribution in [-0.4, -0.2) is 37.0 Å². The molecule has 0 aliphatic rings. The summed E-state index contributed by atoms with van der Waals surface area (Å²) in [4.78, 5) is 12.0. The van der Waals surface area contributed by atoms with Crippen LogP contribution in [0, 0.1) is 0 Å². The van der Waals surface area contributed by atoms with Crippen LogP contribution in [0.5, 0.6) is 0 Å². The van der Waals surface area contributed by atoms with Crippen molar-refractivity contribution in [1.82, 2.24) is 0 Å². The zero-order valence-electron chi connectivity index (χ0n) is 24.7. The molecule has 0 bridgehead atoms. The summed E-state index contributed by atoms with van der Waals surface area (Å²) in [7, 11) is 0. The summed E-state index contributed by atoms with van der Waals surface area (Å²) >= 11 is 0. The second kappa shape index (κ2) is 31.1. The first-order chi connectivity index (χ1) is 18.2. The zero-order chi connectivity index (χ0) is 27.1. The van der Waals surface area contributed by atoms with Gasteiger partial charge in [-0.25, -0.2) is 0 Å². The van der Waals surface area contributed by atoms with E-state index in [-0.39, 0.29) is 12.6 Å². The standard InChI is InChI=1S/C33H62O4/c1-3-5-7-9-11-13-15-16-17-19-21-23-25-27-29-36-31-32(30-34)37-33(35)28-26-24-22-20-18-14-12-10-8-6-4-2/h10,12-13,15,32,34H,3-9,11,14,16-31H2,1-2H3/b12-10-,15-13-. The summed E-state index contributed by atoms with van der Waals surface area (Å²) in [6.07, 6.45) is 34.9. The molecule has 1 unspecified atom stereocenters. The van der Waals surface area contributed by atoms with Gasteiger partial charge in [-0.3, -0.25) is 4.79 Å². The molecule has 4 nitrogen and oxygen atoms in total. The van der Waals surface area contributed by atoms with Gasteiger partial charge in [0.15, 0.2) is 0 Å². The molecule has 0 spiro atoms.